The second-order valence-electron chi connectivity index (χ2n) is 7.68. The Balaban J connectivity index is 1.50. The van der Waals surface area contributed by atoms with E-state index < -0.39 is 5.69 Å². The van der Waals surface area contributed by atoms with Crippen LogP contribution in [0.25, 0.3) is 0 Å². The fraction of sp³-hybridized carbons (Fsp3) is 0.524. The normalized spacial score (nSPS) is 17.8. The highest BCUT2D eigenvalue weighted by atomic mass is 16.5. The number of para-hydroxylation sites is 1. The van der Waals surface area contributed by atoms with E-state index in [0.717, 1.165) is 38.3 Å². The molecule has 1 atom stereocenters. The van der Waals surface area contributed by atoms with E-state index in [1.165, 1.54) is 24.5 Å². The molecule has 7 nitrogen and oxygen atoms in total. The van der Waals surface area contributed by atoms with Crippen LogP contribution in [0.4, 0.5) is 0 Å². The van der Waals surface area contributed by atoms with Gasteiger partial charge in [0.05, 0.1) is 7.11 Å². The van der Waals surface area contributed by atoms with Gasteiger partial charge < -0.3 is 19.5 Å². The van der Waals surface area contributed by atoms with Crippen molar-refractivity contribution in [1.82, 2.24) is 19.8 Å². The molecular weight excluding hydrogens is 356 g/mol. The first-order chi connectivity index (χ1) is 13.5. The van der Waals surface area contributed by atoms with E-state index in [-0.39, 0.29) is 5.56 Å². The number of methoxy groups -OCH3 is 1. The topological polar surface area (TPSA) is 81.4 Å². The zero-order chi connectivity index (χ0) is 19.9. The van der Waals surface area contributed by atoms with E-state index in [2.05, 4.69) is 31.9 Å². The first-order valence-electron chi connectivity index (χ1n) is 9.89. The van der Waals surface area contributed by atoms with E-state index in [1.54, 1.807) is 7.11 Å². The minimum atomic E-state index is -0.448. The molecule has 0 amide bonds. The third kappa shape index (κ3) is 5.81. The van der Waals surface area contributed by atoms with Gasteiger partial charge in [-0.05, 0) is 50.4 Å². The first kappa shape index (κ1) is 20.4. The molecule has 1 aromatic carbocycles. The Labute approximate surface area is 165 Å². The highest BCUT2D eigenvalue weighted by Crippen LogP contribution is 2.21. The number of nitrogens with one attached hydrogen (secondary N) is 2. The van der Waals surface area contributed by atoms with Gasteiger partial charge in [0.2, 0.25) is 0 Å². The molecule has 3 rings (SSSR count). The minimum Gasteiger partial charge on any atom is -0.496 e. The quantitative estimate of drug-likeness (QED) is 0.718. The van der Waals surface area contributed by atoms with Crippen molar-refractivity contribution >= 4 is 0 Å². The number of hydrogen-bond donors (Lipinski definition) is 2. The molecule has 0 aliphatic carbocycles. The number of likely N-dealkylation sites (tertiary alicyclic amines) is 1. The average molecular weight is 386 g/mol. The fourth-order valence-electron chi connectivity index (χ4n) is 4.09. The Morgan fingerprint density at radius 1 is 1.25 bits per heavy atom. The average Bonchev–Trinajstić information content (AvgIpc) is 2.66. The molecule has 7 heteroatoms. The lowest BCUT2D eigenvalue weighted by atomic mass is 9.97. The summed E-state index contributed by atoms with van der Waals surface area (Å²) in [5, 5.41) is 0. The van der Waals surface area contributed by atoms with E-state index >= 15 is 0 Å². The summed E-state index contributed by atoms with van der Waals surface area (Å²) in [6.07, 6.45) is 3.40. The van der Waals surface area contributed by atoms with Gasteiger partial charge in [-0.1, -0.05) is 18.2 Å². The third-order valence-electron chi connectivity index (χ3n) is 5.32. The van der Waals surface area contributed by atoms with Crippen LogP contribution >= 0.6 is 0 Å². The largest absolute Gasteiger partial charge is 0.496 e. The molecule has 0 spiro atoms. The molecule has 152 valence electrons. The van der Waals surface area contributed by atoms with Crippen LogP contribution in [-0.2, 0) is 13.0 Å². The van der Waals surface area contributed by atoms with Gasteiger partial charge in [0.25, 0.3) is 5.56 Å². The van der Waals surface area contributed by atoms with Crippen LogP contribution in [0.5, 0.6) is 5.75 Å². The van der Waals surface area contributed by atoms with E-state index in [9.17, 15) is 9.59 Å². The molecular formula is C21H30N4O3. The molecule has 0 bridgehead atoms. The molecule has 1 fully saturated rings. The number of rotatable bonds is 8. The monoisotopic (exact) mass is 386 g/mol. The number of ether oxygens (including phenoxy) is 1. The molecule has 0 radical (unpaired) electrons. The van der Waals surface area contributed by atoms with Crippen molar-refractivity contribution in [3.63, 3.8) is 0 Å². The summed E-state index contributed by atoms with van der Waals surface area (Å²) in [5.74, 6) is 1.55. The lowest BCUT2D eigenvalue weighted by molar-refractivity contribution is 0.141. The molecule has 0 unspecified atom stereocenters. The van der Waals surface area contributed by atoms with E-state index in [0.29, 0.717) is 18.2 Å². The molecule has 2 N–H and O–H groups in total. The highest BCUT2D eigenvalue weighted by Gasteiger charge is 2.21. The van der Waals surface area contributed by atoms with Gasteiger partial charge in [0, 0.05) is 37.9 Å². The van der Waals surface area contributed by atoms with Crippen LogP contribution in [0.15, 0.2) is 39.9 Å². The van der Waals surface area contributed by atoms with Crippen LogP contribution in [0, 0.1) is 5.92 Å². The summed E-state index contributed by atoms with van der Waals surface area (Å²) < 4.78 is 5.46. The van der Waals surface area contributed by atoms with Crippen molar-refractivity contribution in [2.45, 2.75) is 25.8 Å². The Hall–Kier alpha value is -2.38. The van der Waals surface area contributed by atoms with Crippen molar-refractivity contribution < 1.29 is 4.74 Å². The SMILES string of the molecule is COc1ccccc1CCN1CCC[C@@H](CN(C)Cc2cc(=O)[nH]c(=O)[nH]2)C1. The summed E-state index contributed by atoms with van der Waals surface area (Å²) in [4.78, 5) is 32.5. The second-order valence-corrected chi connectivity index (χ2v) is 7.68. The van der Waals surface area contributed by atoms with Crippen LogP contribution in [-0.4, -0.2) is 60.1 Å². The zero-order valence-corrected chi connectivity index (χ0v) is 16.7. The molecule has 1 aliphatic rings. The zero-order valence-electron chi connectivity index (χ0n) is 16.7. The number of piperidine rings is 1. The highest BCUT2D eigenvalue weighted by molar-refractivity contribution is 5.33. The maximum absolute atomic E-state index is 11.5. The van der Waals surface area contributed by atoms with Crippen molar-refractivity contribution in [2.75, 3.05) is 40.3 Å². The minimum absolute atomic E-state index is 0.354. The first-order valence-corrected chi connectivity index (χ1v) is 9.89. The van der Waals surface area contributed by atoms with Crippen LogP contribution < -0.4 is 16.0 Å². The number of nitrogens with zero attached hydrogens (tertiary/aromatic N) is 2. The number of H-pyrrole nitrogens is 2. The molecule has 2 aromatic rings. The van der Waals surface area contributed by atoms with Gasteiger partial charge in [-0.3, -0.25) is 9.78 Å². The Morgan fingerprint density at radius 2 is 2.07 bits per heavy atom. The molecule has 2 heterocycles. The summed E-state index contributed by atoms with van der Waals surface area (Å²) >= 11 is 0. The molecule has 0 saturated carbocycles. The van der Waals surface area contributed by atoms with Gasteiger partial charge in [-0.15, -0.1) is 0 Å². The number of benzene rings is 1. The Morgan fingerprint density at radius 3 is 2.86 bits per heavy atom. The molecule has 1 aliphatic heterocycles. The van der Waals surface area contributed by atoms with Gasteiger partial charge >= 0.3 is 5.69 Å². The van der Waals surface area contributed by atoms with Crippen molar-refractivity contribution in [3.8, 4) is 5.75 Å². The summed E-state index contributed by atoms with van der Waals surface area (Å²) in [5.41, 5.74) is 1.10. The van der Waals surface area contributed by atoms with Crippen molar-refractivity contribution in [2.24, 2.45) is 5.92 Å². The predicted octanol–water partition coefficient (Wildman–Crippen LogP) is 1.46. The summed E-state index contributed by atoms with van der Waals surface area (Å²) in [6.45, 7) is 4.75. The maximum Gasteiger partial charge on any atom is 0.325 e. The molecule has 1 saturated heterocycles. The fourth-order valence-corrected chi connectivity index (χ4v) is 4.09. The van der Waals surface area contributed by atoms with Gasteiger partial charge in [-0.25, -0.2) is 4.79 Å². The predicted molar refractivity (Wildman–Crippen MR) is 110 cm³/mol. The Kier molecular flexibility index (Phi) is 7.06. The number of aromatic nitrogens is 2. The number of aromatic amines is 2. The molecule has 28 heavy (non-hydrogen) atoms. The summed E-state index contributed by atoms with van der Waals surface area (Å²) in [7, 11) is 3.76. The van der Waals surface area contributed by atoms with Crippen molar-refractivity contribution in [1.29, 1.82) is 0 Å². The van der Waals surface area contributed by atoms with Crippen LogP contribution in [0.1, 0.15) is 24.1 Å². The second kappa shape index (κ2) is 9.71. The summed E-state index contributed by atoms with van der Waals surface area (Å²) in [6, 6.07) is 9.67. The standard InChI is InChI=1S/C21H30N4O3/c1-24(15-18-12-20(26)23-21(27)22-18)13-16-6-5-10-25(14-16)11-9-17-7-3-4-8-19(17)28-2/h3-4,7-8,12,16H,5-6,9-11,13-15H2,1-2H3,(H2,22,23,26,27)/t16-/m0/s1. The van der Waals surface area contributed by atoms with E-state index in [1.807, 2.05) is 19.2 Å². The smallest absolute Gasteiger partial charge is 0.325 e. The lowest BCUT2D eigenvalue weighted by Crippen LogP contribution is -2.41. The van der Waals surface area contributed by atoms with Gasteiger partial charge in [0.1, 0.15) is 5.75 Å². The van der Waals surface area contributed by atoms with Gasteiger partial charge in [-0.2, -0.15) is 0 Å². The lowest BCUT2D eigenvalue weighted by Gasteiger charge is -2.34. The van der Waals surface area contributed by atoms with Gasteiger partial charge in [0.15, 0.2) is 0 Å². The van der Waals surface area contributed by atoms with E-state index in [4.69, 9.17) is 4.74 Å². The van der Waals surface area contributed by atoms with Crippen LogP contribution in [0.2, 0.25) is 0 Å². The van der Waals surface area contributed by atoms with Crippen LogP contribution in [0.3, 0.4) is 0 Å². The third-order valence-corrected chi connectivity index (χ3v) is 5.32. The van der Waals surface area contributed by atoms with Crippen molar-refractivity contribution in [3.05, 3.63) is 62.4 Å². The maximum atomic E-state index is 11.5. The number of hydrogen-bond acceptors (Lipinski definition) is 5. The molecule has 1 aromatic heterocycles. The Bertz CT molecular complexity index is 848.